The molecule has 0 unspecified atom stereocenters. The Morgan fingerprint density at radius 2 is 1.70 bits per heavy atom. The van der Waals surface area contributed by atoms with Crippen LogP contribution in [0.15, 0.2) is 11.3 Å². The van der Waals surface area contributed by atoms with Gasteiger partial charge in [0.05, 0.1) is 5.92 Å². The number of carbonyl (C=O) groups is 1. The Morgan fingerprint density at radius 3 is 2.35 bits per heavy atom. The fourth-order valence-corrected chi connectivity index (χ4v) is 6.72. The Morgan fingerprint density at radius 1 is 0.950 bits per heavy atom. The molecule has 4 bridgehead atoms. The van der Waals surface area contributed by atoms with Crippen LogP contribution < -0.4 is 0 Å². The van der Waals surface area contributed by atoms with Crippen LogP contribution in [0.3, 0.4) is 0 Å². The van der Waals surface area contributed by atoms with E-state index in [0.717, 1.165) is 29.6 Å². The monoisotopic (exact) mass is 272 g/mol. The Bertz CT molecular complexity index is 520. The van der Waals surface area contributed by atoms with Crippen molar-refractivity contribution >= 4 is 5.97 Å². The van der Waals surface area contributed by atoms with E-state index >= 15 is 0 Å². The molecule has 5 aliphatic rings. The van der Waals surface area contributed by atoms with E-state index in [1.165, 1.54) is 37.9 Å². The van der Waals surface area contributed by atoms with Crippen molar-refractivity contribution < 1.29 is 9.53 Å². The van der Waals surface area contributed by atoms with Gasteiger partial charge in [-0.2, -0.15) is 0 Å². The Hall–Kier alpha value is -0.790. The normalized spacial score (nSPS) is 59.4. The number of carbonyl (C=O) groups excluding carboxylic acids is 1. The second-order valence-electron chi connectivity index (χ2n) is 8.13. The first-order valence-electron chi connectivity index (χ1n) is 8.61. The zero-order valence-corrected chi connectivity index (χ0v) is 12.5. The zero-order valence-electron chi connectivity index (χ0n) is 12.5. The van der Waals surface area contributed by atoms with Gasteiger partial charge in [-0.05, 0) is 73.2 Å². The van der Waals surface area contributed by atoms with Gasteiger partial charge in [0.25, 0.3) is 0 Å². The number of hydrogen-bond donors (Lipinski definition) is 0. The summed E-state index contributed by atoms with van der Waals surface area (Å²) >= 11 is 0. The Balaban J connectivity index is 1.59. The molecule has 0 N–H and O–H groups in total. The van der Waals surface area contributed by atoms with E-state index in [4.69, 9.17) is 4.74 Å². The van der Waals surface area contributed by atoms with Gasteiger partial charge in [-0.25, -0.2) is 0 Å². The summed E-state index contributed by atoms with van der Waals surface area (Å²) < 4.78 is 5.88. The van der Waals surface area contributed by atoms with E-state index in [0.29, 0.717) is 11.8 Å². The molecule has 1 heterocycles. The number of fused-ring (bicyclic) bond motifs is 7. The van der Waals surface area contributed by atoms with Crippen molar-refractivity contribution in [3.05, 3.63) is 11.3 Å². The maximum Gasteiger partial charge on any atom is 0.315 e. The highest BCUT2D eigenvalue weighted by Crippen LogP contribution is 2.64. The van der Waals surface area contributed by atoms with Gasteiger partial charge >= 0.3 is 5.97 Å². The molecule has 0 aromatic rings. The van der Waals surface area contributed by atoms with Gasteiger partial charge in [0, 0.05) is 5.92 Å². The summed E-state index contributed by atoms with van der Waals surface area (Å²) in [5.74, 6) is 6.51. The third-order valence-electron chi connectivity index (χ3n) is 7.75. The van der Waals surface area contributed by atoms with Gasteiger partial charge in [0.1, 0.15) is 5.76 Å². The summed E-state index contributed by atoms with van der Waals surface area (Å²) in [5.41, 5.74) is 1.56. The third-order valence-corrected chi connectivity index (χ3v) is 7.75. The summed E-state index contributed by atoms with van der Waals surface area (Å²) in [7, 11) is 0. The highest BCUT2D eigenvalue weighted by molar-refractivity contribution is 5.79. The van der Waals surface area contributed by atoms with Gasteiger partial charge < -0.3 is 4.74 Å². The second kappa shape index (κ2) is 3.69. The standard InChI is InChI=1S/C18H24O2/c1-8-10-3-4-11(8)14(7-10)17-15-12-5-6-13(9(12)2)16(15)18(19)20-17/h8-13,15-16H,3-7H2,1-2H3/b17-14-/t8-,9-,10+,11+,12+,13-,15-,16+/m1/s1. The lowest BCUT2D eigenvalue weighted by Crippen LogP contribution is -2.23. The van der Waals surface area contributed by atoms with Gasteiger partial charge in [-0.15, -0.1) is 0 Å². The number of allylic oxidation sites excluding steroid dienone is 2. The summed E-state index contributed by atoms with van der Waals surface area (Å²) in [5, 5.41) is 0. The highest BCUT2D eigenvalue weighted by Gasteiger charge is 2.62. The van der Waals surface area contributed by atoms with E-state index in [1.807, 2.05) is 0 Å². The summed E-state index contributed by atoms with van der Waals surface area (Å²) in [6.45, 7) is 4.78. The number of cyclic esters (lactones) is 1. The molecule has 1 aliphatic heterocycles. The van der Waals surface area contributed by atoms with Crippen molar-refractivity contribution in [2.24, 2.45) is 47.3 Å². The second-order valence-corrected chi connectivity index (χ2v) is 8.13. The lowest BCUT2D eigenvalue weighted by atomic mass is 9.77. The predicted octanol–water partition coefficient (Wildman–Crippen LogP) is 3.77. The molecule has 108 valence electrons. The molecular formula is C18H24O2. The summed E-state index contributed by atoms with van der Waals surface area (Å²) in [6, 6.07) is 0. The van der Waals surface area contributed by atoms with Gasteiger partial charge in [0.2, 0.25) is 0 Å². The molecule has 5 rings (SSSR count). The van der Waals surface area contributed by atoms with Gasteiger partial charge in [0.15, 0.2) is 0 Å². The molecule has 1 saturated heterocycles. The minimum Gasteiger partial charge on any atom is -0.431 e. The third kappa shape index (κ3) is 1.21. The van der Waals surface area contributed by atoms with Gasteiger partial charge in [-0.1, -0.05) is 13.8 Å². The molecule has 5 fully saturated rings. The van der Waals surface area contributed by atoms with Crippen LogP contribution >= 0.6 is 0 Å². The quantitative estimate of drug-likeness (QED) is 0.627. The average Bonchev–Trinajstić information content (AvgIpc) is 3.20. The predicted molar refractivity (Wildman–Crippen MR) is 75.5 cm³/mol. The lowest BCUT2D eigenvalue weighted by Gasteiger charge is -2.24. The van der Waals surface area contributed by atoms with Crippen LogP contribution in [0.5, 0.6) is 0 Å². The largest absolute Gasteiger partial charge is 0.431 e. The minimum atomic E-state index is 0.118. The molecule has 4 saturated carbocycles. The van der Waals surface area contributed by atoms with Crippen molar-refractivity contribution in [1.29, 1.82) is 0 Å². The number of ether oxygens (including phenoxy) is 1. The van der Waals surface area contributed by atoms with Crippen molar-refractivity contribution in [1.82, 2.24) is 0 Å². The number of esters is 1. The summed E-state index contributed by atoms with van der Waals surface area (Å²) in [4.78, 5) is 12.4. The molecule has 8 atom stereocenters. The molecule has 0 spiro atoms. The maximum absolute atomic E-state index is 12.4. The van der Waals surface area contributed by atoms with Crippen LogP contribution in [-0.2, 0) is 9.53 Å². The SMILES string of the molecule is C[C@@H]1[C@H]2CC[C@@H]1/C(=C1\OC(=O)[C@H]3[C@@H]4CC[C@@H]([C@H]4C)[C@@H]13)C2. The van der Waals surface area contributed by atoms with Crippen LogP contribution in [0, 0.1) is 47.3 Å². The van der Waals surface area contributed by atoms with Gasteiger partial charge in [-0.3, -0.25) is 4.79 Å². The zero-order chi connectivity index (χ0) is 13.6. The van der Waals surface area contributed by atoms with Crippen molar-refractivity contribution in [3.8, 4) is 0 Å². The van der Waals surface area contributed by atoms with Crippen molar-refractivity contribution in [2.75, 3.05) is 0 Å². The molecular weight excluding hydrogens is 248 g/mol. The minimum absolute atomic E-state index is 0.118. The average molecular weight is 272 g/mol. The Kier molecular flexibility index (Phi) is 2.18. The van der Waals surface area contributed by atoms with E-state index in [1.54, 1.807) is 5.57 Å². The van der Waals surface area contributed by atoms with Crippen LogP contribution in [0.1, 0.15) is 46.0 Å². The molecule has 0 aromatic heterocycles. The van der Waals surface area contributed by atoms with Crippen molar-refractivity contribution in [3.63, 3.8) is 0 Å². The van der Waals surface area contributed by atoms with Crippen LogP contribution in [0.25, 0.3) is 0 Å². The lowest BCUT2D eigenvalue weighted by molar-refractivity contribution is -0.140. The fraction of sp³-hybridized carbons (Fsp3) is 0.833. The maximum atomic E-state index is 12.4. The molecule has 0 aromatic carbocycles. The molecule has 2 heteroatoms. The first-order valence-corrected chi connectivity index (χ1v) is 8.61. The number of rotatable bonds is 0. The molecule has 2 nitrogen and oxygen atoms in total. The molecule has 20 heavy (non-hydrogen) atoms. The first kappa shape index (κ1) is 11.8. The van der Waals surface area contributed by atoms with E-state index in [9.17, 15) is 4.79 Å². The topological polar surface area (TPSA) is 26.3 Å². The van der Waals surface area contributed by atoms with Crippen LogP contribution in [0.4, 0.5) is 0 Å². The van der Waals surface area contributed by atoms with Crippen LogP contribution in [0.2, 0.25) is 0 Å². The van der Waals surface area contributed by atoms with Crippen molar-refractivity contribution in [2.45, 2.75) is 46.0 Å². The summed E-state index contributed by atoms with van der Waals surface area (Å²) in [6.07, 6.45) is 6.54. The Labute approximate surface area is 120 Å². The molecule has 0 amide bonds. The van der Waals surface area contributed by atoms with E-state index in [2.05, 4.69) is 13.8 Å². The molecule has 4 aliphatic carbocycles. The first-order chi connectivity index (χ1) is 9.66. The van der Waals surface area contributed by atoms with Crippen LogP contribution in [-0.4, -0.2) is 5.97 Å². The van der Waals surface area contributed by atoms with E-state index in [-0.39, 0.29) is 11.9 Å². The smallest absolute Gasteiger partial charge is 0.315 e. The molecule has 0 radical (unpaired) electrons. The highest BCUT2D eigenvalue weighted by atomic mass is 16.5. The number of hydrogen-bond acceptors (Lipinski definition) is 2. The van der Waals surface area contributed by atoms with E-state index < -0.39 is 0 Å². The fourth-order valence-electron chi connectivity index (χ4n) is 6.72.